The van der Waals surface area contributed by atoms with Crippen molar-refractivity contribution in [2.75, 3.05) is 5.32 Å². The summed E-state index contributed by atoms with van der Waals surface area (Å²) in [6, 6.07) is 22.8. The van der Waals surface area contributed by atoms with Gasteiger partial charge in [-0.05, 0) is 42.3 Å². The maximum absolute atomic E-state index is 13.4. The number of thiazole rings is 1. The number of aryl methyl sites for hydroxylation is 1. The first kappa shape index (κ1) is 22.5. The highest BCUT2D eigenvalue weighted by molar-refractivity contribution is 7.14. The molecule has 0 unspecified atom stereocenters. The lowest BCUT2D eigenvalue weighted by Gasteiger charge is -2.11. The summed E-state index contributed by atoms with van der Waals surface area (Å²) in [6.45, 7) is 2.13. The van der Waals surface area contributed by atoms with Crippen LogP contribution < -0.4 is 5.32 Å². The second-order valence-electron chi connectivity index (χ2n) is 7.74. The first-order valence-corrected chi connectivity index (χ1v) is 12.4. The van der Waals surface area contributed by atoms with E-state index in [0.717, 1.165) is 23.1 Å². The molecule has 1 N–H and O–H groups in total. The van der Waals surface area contributed by atoms with Crippen molar-refractivity contribution in [2.45, 2.75) is 13.3 Å². The summed E-state index contributed by atoms with van der Waals surface area (Å²) in [5.41, 5.74) is 5.62. The van der Waals surface area contributed by atoms with Crippen LogP contribution in [0, 0.1) is 0 Å². The number of aromatic nitrogens is 2. The van der Waals surface area contributed by atoms with Crippen molar-refractivity contribution in [1.29, 1.82) is 0 Å². The smallest absolute Gasteiger partial charge is 0.258 e. The molecule has 7 heteroatoms. The highest BCUT2D eigenvalue weighted by Gasteiger charge is 2.17. The number of para-hydroxylation sites is 1. The molecular weight excluding hydrogens is 485 g/mol. The number of anilines is 1. The van der Waals surface area contributed by atoms with E-state index in [-0.39, 0.29) is 5.91 Å². The minimum atomic E-state index is -0.257. The largest absolute Gasteiger partial charge is 0.298 e. The van der Waals surface area contributed by atoms with Gasteiger partial charge in [-0.1, -0.05) is 72.6 Å². The van der Waals surface area contributed by atoms with Crippen LogP contribution in [0.4, 0.5) is 5.13 Å². The van der Waals surface area contributed by atoms with E-state index < -0.39 is 0 Å². The molecule has 1 amide bonds. The van der Waals surface area contributed by atoms with Crippen molar-refractivity contribution >= 4 is 56.5 Å². The van der Waals surface area contributed by atoms with Crippen molar-refractivity contribution in [3.8, 4) is 22.5 Å². The number of halogens is 2. The Balaban J connectivity index is 1.49. The fraction of sp³-hybridized carbons (Fsp3) is 0.0741. The lowest BCUT2D eigenvalue weighted by Crippen LogP contribution is -2.13. The predicted octanol–water partition coefficient (Wildman–Crippen LogP) is 8.15. The van der Waals surface area contributed by atoms with Crippen LogP contribution in [0.25, 0.3) is 33.4 Å². The summed E-state index contributed by atoms with van der Waals surface area (Å²) >= 11 is 13.9. The molecule has 2 aromatic heterocycles. The van der Waals surface area contributed by atoms with Gasteiger partial charge in [0.15, 0.2) is 5.13 Å². The summed E-state index contributed by atoms with van der Waals surface area (Å²) in [7, 11) is 0. The molecule has 0 aliphatic heterocycles. The van der Waals surface area contributed by atoms with Crippen molar-refractivity contribution in [3.05, 3.63) is 99.3 Å². The number of rotatable bonds is 5. The Morgan fingerprint density at radius 2 is 1.74 bits per heavy atom. The predicted molar refractivity (Wildman–Crippen MR) is 142 cm³/mol. The van der Waals surface area contributed by atoms with Gasteiger partial charge in [0.05, 0.1) is 27.5 Å². The molecule has 5 rings (SSSR count). The van der Waals surface area contributed by atoms with Gasteiger partial charge in [-0.3, -0.25) is 10.1 Å². The zero-order valence-corrected chi connectivity index (χ0v) is 20.5. The number of hydrogen-bond donors (Lipinski definition) is 1. The zero-order valence-electron chi connectivity index (χ0n) is 18.2. The molecular formula is C27H19Cl2N3OS. The van der Waals surface area contributed by atoms with Crippen LogP contribution in [0.15, 0.2) is 78.2 Å². The first-order valence-electron chi connectivity index (χ1n) is 10.7. The summed E-state index contributed by atoms with van der Waals surface area (Å²) in [6.07, 6.45) is 0.988. The van der Waals surface area contributed by atoms with Crippen molar-refractivity contribution in [2.24, 2.45) is 0 Å². The van der Waals surface area contributed by atoms with Gasteiger partial charge >= 0.3 is 0 Å². The molecule has 0 radical (unpaired) electrons. The van der Waals surface area contributed by atoms with E-state index in [4.69, 9.17) is 28.2 Å². The van der Waals surface area contributed by atoms with Gasteiger partial charge in [0.25, 0.3) is 5.91 Å². The van der Waals surface area contributed by atoms with Crippen LogP contribution in [0.3, 0.4) is 0 Å². The Labute approximate surface area is 211 Å². The maximum atomic E-state index is 13.4. The molecule has 0 atom stereocenters. The van der Waals surface area contributed by atoms with Crippen LogP contribution in [0.2, 0.25) is 10.0 Å². The Kier molecular flexibility index (Phi) is 6.33. The fourth-order valence-corrected chi connectivity index (χ4v) is 4.96. The molecule has 168 valence electrons. The number of hydrogen-bond acceptors (Lipinski definition) is 4. The lowest BCUT2D eigenvalue weighted by molar-refractivity contribution is 0.102. The van der Waals surface area contributed by atoms with Crippen LogP contribution in [-0.2, 0) is 6.42 Å². The van der Waals surface area contributed by atoms with Gasteiger partial charge < -0.3 is 0 Å². The minimum absolute atomic E-state index is 0.257. The summed E-state index contributed by atoms with van der Waals surface area (Å²) in [5, 5.41) is 7.19. The van der Waals surface area contributed by atoms with E-state index >= 15 is 0 Å². The van der Waals surface area contributed by atoms with E-state index in [1.54, 1.807) is 24.3 Å². The molecule has 4 nitrogen and oxygen atoms in total. The average molecular weight is 504 g/mol. The van der Waals surface area contributed by atoms with Crippen LogP contribution in [0.1, 0.15) is 22.8 Å². The second-order valence-corrected chi connectivity index (χ2v) is 9.44. The van der Waals surface area contributed by atoms with Crippen molar-refractivity contribution in [1.82, 2.24) is 9.97 Å². The third-order valence-electron chi connectivity index (χ3n) is 5.55. The Morgan fingerprint density at radius 3 is 2.50 bits per heavy atom. The highest BCUT2D eigenvalue weighted by Crippen LogP contribution is 2.32. The van der Waals surface area contributed by atoms with Gasteiger partial charge in [0.2, 0.25) is 0 Å². The number of pyridine rings is 1. The second kappa shape index (κ2) is 9.55. The number of carbonyl (C=O) groups excluding carboxylic acids is 1. The van der Waals surface area contributed by atoms with Gasteiger partial charge in [-0.25, -0.2) is 9.97 Å². The third-order valence-corrected chi connectivity index (χ3v) is 6.86. The topological polar surface area (TPSA) is 54.9 Å². The molecule has 0 spiro atoms. The molecule has 0 bridgehead atoms. The monoisotopic (exact) mass is 503 g/mol. The van der Waals surface area contributed by atoms with Crippen molar-refractivity contribution in [3.63, 3.8) is 0 Å². The number of nitrogens with zero attached hydrogens (tertiary/aromatic N) is 2. The van der Waals surface area contributed by atoms with E-state index in [1.807, 2.05) is 29.6 Å². The van der Waals surface area contributed by atoms with E-state index in [0.29, 0.717) is 37.5 Å². The number of nitrogens with one attached hydrogen (secondary N) is 1. The van der Waals surface area contributed by atoms with Gasteiger partial charge in [0.1, 0.15) is 0 Å². The SMILES string of the molecule is CCc1ccc(-c2csc(NC(=O)c3cc(-c4ccc(Cl)cc4Cl)nc4ccccc34)n2)cc1. The molecule has 0 saturated carbocycles. The van der Waals surface area contributed by atoms with Gasteiger partial charge in [-0.2, -0.15) is 0 Å². The normalized spacial score (nSPS) is 11.0. The minimum Gasteiger partial charge on any atom is -0.298 e. The number of benzene rings is 3. The highest BCUT2D eigenvalue weighted by atomic mass is 35.5. The lowest BCUT2D eigenvalue weighted by atomic mass is 10.0. The van der Waals surface area contributed by atoms with E-state index in [1.165, 1.54) is 16.9 Å². The first-order chi connectivity index (χ1) is 16.5. The maximum Gasteiger partial charge on any atom is 0.258 e. The van der Waals surface area contributed by atoms with Gasteiger partial charge in [-0.15, -0.1) is 11.3 Å². The quantitative estimate of drug-likeness (QED) is 0.263. The average Bonchev–Trinajstić information content (AvgIpc) is 3.31. The molecule has 0 aliphatic rings. The molecule has 2 heterocycles. The molecule has 34 heavy (non-hydrogen) atoms. The Bertz CT molecular complexity index is 1510. The summed E-state index contributed by atoms with van der Waals surface area (Å²) < 4.78 is 0. The molecule has 0 fully saturated rings. The molecule has 0 saturated heterocycles. The number of amides is 1. The van der Waals surface area contributed by atoms with Gasteiger partial charge in [0, 0.05) is 26.9 Å². The Morgan fingerprint density at radius 1 is 0.941 bits per heavy atom. The third kappa shape index (κ3) is 4.55. The van der Waals surface area contributed by atoms with E-state index in [9.17, 15) is 4.79 Å². The van der Waals surface area contributed by atoms with E-state index in [2.05, 4.69) is 41.5 Å². The summed E-state index contributed by atoms with van der Waals surface area (Å²) in [4.78, 5) is 22.7. The zero-order chi connectivity index (χ0) is 23.7. The van der Waals surface area contributed by atoms with Crippen molar-refractivity contribution < 1.29 is 4.79 Å². The fourth-order valence-electron chi connectivity index (χ4n) is 3.74. The van der Waals surface area contributed by atoms with Crippen LogP contribution in [-0.4, -0.2) is 15.9 Å². The standard InChI is InChI=1S/C27H19Cl2N3OS/c1-2-16-7-9-17(10-8-16)25-15-34-27(31-25)32-26(33)21-14-24(20-12-11-18(28)13-22(20)29)30-23-6-4-3-5-19(21)23/h3-15H,2H2,1H3,(H,31,32,33). The Hall–Kier alpha value is -3.25. The van der Waals surface area contributed by atoms with Crippen LogP contribution in [0.5, 0.6) is 0 Å². The summed E-state index contributed by atoms with van der Waals surface area (Å²) in [5.74, 6) is -0.257. The number of fused-ring (bicyclic) bond motifs is 1. The molecule has 0 aliphatic carbocycles. The number of carbonyl (C=O) groups is 1. The molecule has 5 aromatic rings. The van der Waals surface area contributed by atoms with Crippen LogP contribution >= 0.6 is 34.5 Å². The molecule has 3 aromatic carbocycles.